The molecule has 11 N–H and O–H groups in total. The molecule has 0 radical (unpaired) electrons. The van der Waals surface area contributed by atoms with Crippen LogP contribution < -0.4 is 32.6 Å². The van der Waals surface area contributed by atoms with E-state index in [9.17, 15) is 58.8 Å². The van der Waals surface area contributed by atoms with Gasteiger partial charge in [0.2, 0.25) is 17.8 Å². The maximum Gasteiger partial charge on any atom is 0.326 e. The van der Waals surface area contributed by atoms with Crippen LogP contribution in [0.1, 0.15) is 41.7 Å². The number of nitrogen functional groups attached to an aromatic ring is 1. The second-order valence-electron chi connectivity index (χ2n) is 16.8. The second-order valence-corrected chi connectivity index (χ2v) is 16.8. The van der Waals surface area contributed by atoms with E-state index in [1.165, 1.54) is 18.3 Å². The van der Waals surface area contributed by atoms with Crippen molar-refractivity contribution >= 4 is 64.4 Å². The van der Waals surface area contributed by atoms with Crippen molar-refractivity contribution in [3.05, 3.63) is 52.1 Å². The van der Waals surface area contributed by atoms with E-state index in [4.69, 9.17) is 19.9 Å². The number of anilines is 2. The molecule has 0 saturated carbocycles. The number of fused-ring (bicyclic) bond motifs is 1. The molecule has 1 fully saturated rings. The van der Waals surface area contributed by atoms with Crippen LogP contribution in [0.25, 0.3) is 11.2 Å². The lowest BCUT2D eigenvalue weighted by Gasteiger charge is -2.32. The number of benzene rings is 1. The fourth-order valence-electron chi connectivity index (χ4n) is 7.24. The Morgan fingerprint density at radius 2 is 1.14 bits per heavy atom. The van der Waals surface area contributed by atoms with Crippen LogP contribution in [0, 0.1) is 0 Å². The lowest BCUT2D eigenvalue weighted by molar-refractivity contribution is -0.140. The quantitative estimate of drug-likeness (QED) is 0.0296. The number of ether oxygens (including phenoxy) is 3. The van der Waals surface area contributed by atoms with Crippen molar-refractivity contribution in [3.8, 4) is 0 Å². The van der Waals surface area contributed by atoms with E-state index in [1.807, 2.05) is 4.90 Å². The molecule has 0 spiro atoms. The summed E-state index contributed by atoms with van der Waals surface area (Å²) in [7, 11) is 0. The fourth-order valence-corrected chi connectivity index (χ4v) is 7.24. The summed E-state index contributed by atoms with van der Waals surface area (Å²) in [6, 6.07) is 4.95. The summed E-state index contributed by atoms with van der Waals surface area (Å²) in [4.78, 5) is 118. The summed E-state index contributed by atoms with van der Waals surface area (Å²) in [5, 5.41) is 49.0. The molecule has 0 bridgehead atoms. The number of carboxylic acid groups (broad SMARTS) is 4. The third kappa shape index (κ3) is 23.9. The first kappa shape index (κ1) is 58.6. The summed E-state index contributed by atoms with van der Waals surface area (Å²) in [5.74, 6) is -5.70. The Morgan fingerprint density at radius 3 is 1.63 bits per heavy atom. The van der Waals surface area contributed by atoms with Gasteiger partial charge in [-0.1, -0.05) is 0 Å². The van der Waals surface area contributed by atoms with E-state index in [0.29, 0.717) is 103 Å². The Balaban J connectivity index is 1.00. The molecule has 1 aliphatic heterocycles. The summed E-state index contributed by atoms with van der Waals surface area (Å²) >= 11 is 0. The average Bonchev–Trinajstić information content (AvgIpc) is 3.33. The summed E-state index contributed by atoms with van der Waals surface area (Å²) in [5.41, 5.74) is 6.45. The van der Waals surface area contributed by atoms with Crippen LogP contribution in [0.15, 0.2) is 35.3 Å². The zero-order valence-electron chi connectivity index (χ0n) is 40.6. The molecule has 1 aliphatic rings. The highest BCUT2D eigenvalue weighted by Gasteiger charge is 2.23. The molecule has 402 valence electrons. The largest absolute Gasteiger partial charge is 0.480 e. The Morgan fingerprint density at radius 1 is 0.658 bits per heavy atom. The van der Waals surface area contributed by atoms with E-state index in [2.05, 4.69) is 41.2 Å². The number of aliphatic carboxylic acids is 4. The normalized spacial score (nSPS) is 14.8. The molecule has 1 atom stereocenters. The lowest BCUT2D eigenvalue weighted by atomic mass is 10.1. The minimum Gasteiger partial charge on any atom is -0.480 e. The Kier molecular flexibility index (Phi) is 25.8. The molecule has 73 heavy (non-hydrogen) atoms. The predicted molar refractivity (Wildman–Crippen MR) is 261 cm³/mol. The number of hydrogen-bond donors (Lipinski definition) is 10. The minimum atomic E-state index is -1.30. The first-order valence-corrected chi connectivity index (χ1v) is 23.7. The molecular weight excluding hydrogens is 963 g/mol. The van der Waals surface area contributed by atoms with Crippen LogP contribution in [0.5, 0.6) is 0 Å². The molecule has 4 rings (SSSR count). The molecule has 28 nitrogen and oxygen atoms in total. The van der Waals surface area contributed by atoms with Gasteiger partial charge in [-0.25, -0.2) is 14.8 Å². The molecule has 3 aromatic rings. The highest BCUT2D eigenvalue weighted by Crippen LogP contribution is 2.13. The standard InChI is InChI=1S/C45H67N13O15/c46-45-53-41-40(43(68)54-45)51-33(26-50-41)25-49-32-5-3-31(4-6-32)42(67)52-34(44(69)70)7-8-35(59)47-9-1-19-71-21-23-73-24-22-72-20-2-10-48-36(60)27-55-11-13-56(28-37(61)62)15-17-58(30-39(65)66)18-16-57(14-12-55)29-38(63)64/h3-6,26,34,49H,1-2,7-25,27-30H2,(H,47,59)(H,48,60)(H,52,67)(H,61,62)(H,63,64)(H,65,66)(H,69,70)(H3,46,50,53,54,68)/t34-/m0/s1. The van der Waals surface area contributed by atoms with Crippen LogP contribution >= 0.6 is 0 Å². The van der Waals surface area contributed by atoms with Gasteiger partial charge in [-0.15, -0.1) is 0 Å². The number of nitrogens with two attached hydrogens (primary N) is 1. The predicted octanol–water partition coefficient (Wildman–Crippen LogP) is -2.59. The minimum absolute atomic E-state index is 0.0190. The zero-order chi connectivity index (χ0) is 53.0. The van der Waals surface area contributed by atoms with Crippen molar-refractivity contribution < 1.29 is 68.2 Å². The molecule has 3 amide bonds. The molecule has 0 aliphatic carbocycles. The van der Waals surface area contributed by atoms with Crippen molar-refractivity contribution in [1.29, 1.82) is 0 Å². The van der Waals surface area contributed by atoms with Gasteiger partial charge in [0, 0.05) is 96.3 Å². The van der Waals surface area contributed by atoms with Gasteiger partial charge in [-0.05, 0) is 43.5 Å². The molecule has 1 saturated heterocycles. The number of nitrogens with zero attached hydrogens (tertiary/aromatic N) is 7. The van der Waals surface area contributed by atoms with Gasteiger partial charge in [-0.3, -0.25) is 58.1 Å². The first-order chi connectivity index (χ1) is 35.0. The van der Waals surface area contributed by atoms with E-state index in [-0.39, 0.29) is 106 Å². The van der Waals surface area contributed by atoms with Gasteiger partial charge in [-0.2, -0.15) is 4.98 Å². The topological polar surface area (TPSA) is 387 Å². The number of carbonyl (C=O) groups is 7. The van der Waals surface area contributed by atoms with Crippen molar-refractivity contribution in [2.75, 3.05) is 142 Å². The maximum absolute atomic E-state index is 12.8. The van der Waals surface area contributed by atoms with Gasteiger partial charge in [0.05, 0.1) is 71.0 Å². The van der Waals surface area contributed by atoms with Crippen LogP contribution in [-0.2, 0) is 49.5 Å². The van der Waals surface area contributed by atoms with Gasteiger partial charge in [0.25, 0.3) is 11.5 Å². The molecule has 28 heteroatoms. The van der Waals surface area contributed by atoms with Crippen LogP contribution in [0.2, 0.25) is 0 Å². The SMILES string of the molecule is Nc1nc2ncc(CNc3ccc(C(=O)N[C@@H](CCC(=O)NCCCOCCOCCOCCCNC(=O)CN4CCN(CC(=O)O)CCN(CC(=O)O)CCN(CC(=O)O)CC4)C(=O)O)cc3)nc2c(=O)[nH]1. The van der Waals surface area contributed by atoms with Crippen molar-refractivity contribution in [2.24, 2.45) is 0 Å². The number of hydrogen-bond acceptors (Lipinski definition) is 20. The van der Waals surface area contributed by atoms with Crippen LogP contribution in [0.3, 0.4) is 0 Å². The van der Waals surface area contributed by atoms with E-state index < -0.39 is 41.4 Å². The summed E-state index contributed by atoms with van der Waals surface area (Å²) in [6.45, 7) is 4.54. The monoisotopic (exact) mass is 1030 g/mol. The molecule has 3 heterocycles. The number of H-pyrrole nitrogens is 1. The lowest BCUT2D eigenvalue weighted by Crippen LogP contribution is -2.49. The third-order valence-corrected chi connectivity index (χ3v) is 11.1. The van der Waals surface area contributed by atoms with Crippen molar-refractivity contribution in [2.45, 2.75) is 38.3 Å². The van der Waals surface area contributed by atoms with Crippen molar-refractivity contribution in [1.82, 2.24) is 55.5 Å². The fraction of sp³-hybridized carbons (Fsp3) is 0.578. The number of carbonyl (C=O) groups excluding carboxylic acids is 3. The van der Waals surface area contributed by atoms with E-state index >= 15 is 0 Å². The zero-order valence-corrected chi connectivity index (χ0v) is 40.6. The number of carboxylic acids is 4. The number of aromatic amines is 1. The van der Waals surface area contributed by atoms with E-state index in [1.54, 1.807) is 26.8 Å². The van der Waals surface area contributed by atoms with Crippen LogP contribution in [0.4, 0.5) is 11.6 Å². The van der Waals surface area contributed by atoms with Crippen LogP contribution in [-0.4, -0.2) is 239 Å². The number of nitrogens with one attached hydrogen (secondary N) is 5. The van der Waals surface area contributed by atoms with Crippen molar-refractivity contribution in [3.63, 3.8) is 0 Å². The Labute approximate surface area is 419 Å². The smallest absolute Gasteiger partial charge is 0.326 e. The third-order valence-electron chi connectivity index (χ3n) is 11.1. The average molecular weight is 1030 g/mol. The molecule has 0 unspecified atom stereocenters. The molecule has 1 aromatic carbocycles. The highest BCUT2D eigenvalue weighted by molar-refractivity contribution is 5.97. The number of amides is 3. The Bertz CT molecular complexity index is 2290. The van der Waals surface area contributed by atoms with Gasteiger partial charge in [0.1, 0.15) is 6.04 Å². The van der Waals surface area contributed by atoms with E-state index in [0.717, 1.165) is 0 Å². The summed E-state index contributed by atoms with van der Waals surface area (Å²) in [6.07, 6.45) is 2.23. The molecular formula is C45H67N13O15. The molecule has 2 aromatic heterocycles. The highest BCUT2D eigenvalue weighted by atomic mass is 16.5. The maximum atomic E-state index is 12.8. The first-order valence-electron chi connectivity index (χ1n) is 23.7. The number of aromatic nitrogens is 4. The second kappa shape index (κ2) is 32.2. The number of rotatable bonds is 31. The van der Waals surface area contributed by atoms with Gasteiger partial charge >= 0.3 is 23.9 Å². The summed E-state index contributed by atoms with van der Waals surface area (Å²) < 4.78 is 16.6. The van der Waals surface area contributed by atoms with Gasteiger partial charge in [0.15, 0.2) is 11.2 Å². The Hall–Kier alpha value is -6.95. The van der Waals surface area contributed by atoms with Gasteiger partial charge < -0.3 is 61.6 Å².